The Kier molecular flexibility index (Phi) is 28.5. The first-order valence-corrected chi connectivity index (χ1v) is 8.06. The molecule has 0 rings (SSSR count). The van der Waals surface area contributed by atoms with Crippen LogP contribution in [0.15, 0.2) is 0 Å². The van der Waals surface area contributed by atoms with Crippen LogP contribution < -0.4 is 59.4 Å². The maximum absolute atomic E-state index is 9.96. The molecular weight excluding hydrogens is 290 g/mol. The van der Waals surface area contributed by atoms with Gasteiger partial charge in [0.2, 0.25) is 0 Å². The number of aliphatic carboxylic acids is 2. The molecule has 20 heavy (non-hydrogen) atoms. The molecule has 0 aromatic carbocycles. The minimum atomic E-state index is -1.16. The zero-order valence-corrected chi connectivity index (χ0v) is 14.2. The molecular formula is C10H20Li2N2O4S2. The number of carbonyl (C=O) groups is 2. The van der Waals surface area contributed by atoms with Gasteiger partial charge in [-0.05, 0) is 36.9 Å². The number of nitrogens with two attached hydrogens (primary N) is 2. The molecule has 0 aromatic rings. The van der Waals surface area contributed by atoms with E-state index < -0.39 is 24.0 Å². The summed E-state index contributed by atoms with van der Waals surface area (Å²) in [7, 11) is 0. The van der Waals surface area contributed by atoms with Gasteiger partial charge in [0.05, 0.1) is 11.9 Å². The maximum Gasteiger partial charge on any atom is 1.00 e. The third-order valence-corrected chi connectivity index (χ3v) is 3.16. The Morgan fingerprint density at radius 1 is 0.900 bits per heavy atom. The molecule has 0 bridgehead atoms. The van der Waals surface area contributed by atoms with E-state index in [0.29, 0.717) is 12.8 Å². The summed E-state index contributed by atoms with van der Waals surface area (Å²) in [5, 5.41) is 19.9. The van der Waals surface area contributed by atoms with Crippen molar-refractivity contribution in [2.45, 2.75) is 24.9 Å². The van der Waals surface area contributed by atoms with Gasteiger partial charge in [0.25, 0.3) is 0 Å². The number of rotatable bonds is 8. The molecule has 0 saturated carbocycles. The summed E-state index contributed by atoms with van der Waals surface area (Å²) >= 11 is 3.15. The van der Waals surface area contributed by atoms with Crippen molar-refractivity contribution in [3.63, 3.8) is 0 Å². The molecule has 2 atom stereocenters. The molecule has 0 unspecified atom stereocenters. The van der Waals surface area contributed by atoms with Crippen LogP contribution in [0.3, 0.4) is 0 Å². The molecule has 108 valence electrons. The summed E-state index contributed by atoms with van der Waals surface area (Å²) < 4.78 is 0. The molecule has 4 N–H and O–H groups in total. The Bertz CT molecular complexity index is 227. The van der Waals surface area contributed by atoms with E-state index in [4.69, 9.17) is 11.5 Å². The molecule has 6 nitrogen and oxygen atoms in total. The zero-order valence-electron chi connectivity index (χ0n) is 12.6. The number of carboxylic acid groups (broad SMARTS) is 2. The van der Waals surface area contributed by atoms with E-state index in [2.05, 4.69) is 0 Å². The van der Waals surface area contributed by atoms with E-state index in [0.717, 1.165) is 11.5 Å². The molecule has 0 aromatic heterocycles. The second-order valence-corrected chi connectivity index (χ2v) is 5.39. The molecule has 0 aliphatic heterocycles. The molecule has 10 heteroatoms. The Hall–Kier alpha value is 0.755. The number of hydrogen-bond donors (Lipinski definition) is 2. The van der Waals surface area contributed by atoms with Crippen molar-refractivity contribution >= 4 is 35.5 Å². The normalized spacial score (nSPS) is 11.8. The number of carboxylic acids is 2. The van der Waals surface area contributed by atoms with Crippen molar-refractivity contribution in [2.24, 2.45) is 11.5 Å². The van der Waals surface area contributed by atoms with Crippen molar-refractivity contribution in [3.05, 3.63) is 0 Å². The van der Waals surface area contributed by atoms with Crippen molar-refractivity contribution < 1.29 is 57.5 Å². The zero-order chi connectivity index (χ0) is 14.6. The molecule has 0 heterocycles. The third kappa shape index (κ3) is 21.1. The van der Waals surface area contributed by atoms with E-state index in [9.17, 15) is 19.8 Å². The Balaban J connectivity index is -0.000000116. The van der Waals surface area contributed by atoms with Gasteiger partial charge in [0.15, 0.2) is 0 Å². The van der Waals surface area contributed by atoms with E-state index in [1.807, 2.05) is 12.5 Å². The summed E-state index contributed by atoms with van der Waals surface area (Å²) in [6, 6.07) is -1.59. The predicted octanol–water partition coefficient (Wildman–Crippen LogP) is -8.36. The Morgan fingerprint density at radius 3 is 1.30 bits per heavy atom. The van der Waals surface area contributed by atoms with Crippen molar-refractivity contribution in [2.75, 3.05) is 24.0 Å². The van der Waals surface area contributed by atoms with Gasteiger partial charge in [-0.15, -0.1) is 0 Å². The van der Waals surface area contributed by atoms with Crippen molar-refractivity contribution in [1.82, 2.24) is 0 Å². The molecule has 0 aliphatic rings. The van der Waals surface area contributed by atoms with Gasteiger partial charge in [-0.3, -0.25) is 0 Å². The smallest absolute Gasteiger partial charge is 0.548 e. The average molecular weight is 310 g/mol. The largest absolute Gasteiger partial charge is 1.00 e. The maximum atomic E-state index is 9.96. The fraction of sp³-hybridized carbons (Fsp3) is 0.800. The van der Waals surface area contributed by atoms with Gasteiger partial charge >= 0.3 is 37.7 Å². The second-order valence-electron chi connectivity index (χ2n) is 3.41. The first-order valence-electron chi connectivity index (χ1n) is 5.27. The Labute approximate surface area is 152 Å². The number of hydrogen-bond acceptors (Lipinski definition) is 8. The summed E-state index contributed by atoms with van der Waals surface area (Å²) in [6.45, 7) is 0. The van der Waals surface area contributed by atoms with Gasteiger partial charge in [-0.2, -0.15) is 23.5 Å². The van der Waals surface area contributed by atoms with E-state index in [-0.39, 0.29) is 37.7 Å². The van der Waals surface area contributed by atoms with Crippen LogP contribution in [-0.4, -0.2) is 48.0 Å². The minimum Gasteiger partial charge on any atom is -0.548 e. The van der Waals surface area contributed by atoms with Crippen molar-refractivity contribution in [3.8, 4) is 0 Å². The van der Waals surface area contributed by atoms with Crippen LogP contribution >= 0.6 is 23.5 Å². The van der Waals surface area contributed by atoms with Crippen LogP contribution in [0.4, 0.5) is 0 Å². The SMILES string of the molecule is CSCC[C@H](N)C(=O)[O-].CSCC[C@H](N)C(=O)[O-].[Li+].[Li+]. The third-order valence-electron chi connectivity index (χ3n) is 1.87. The van der Waals surface area contributed by atoms with Crippen LogP contribution in [0, 0.1) is 0 Å². The topological polar surface area (TPSA) is 132 Å². The van der Waals surface area contributed by atoms with E-state index >= 15 is 0 Å². The Morgan fingerprint density at radius 2 is 1.15 bits per heavy atom. The van der Waals surface area contributed by atoms with Gasteiger partial charge in [-0.1, -0.05) is 0 Å². The van der Waals surface area contributed by atoms with Crippen molar-refractivity contribution in [1.29, 1.82) is 0 Å². The quantitative estimate of drug-likeness (QED) is 0.422. The molecule has 0 aliphatic carbocycles. The van der Waals surface area contributed by atoms with Crippen LogP contribution in [0.5, 0.6) is 0 Å². The monoisotopic (exact) mass is 310 g/mol. The van der Waals surface area contributed by atoms with Gasteiger partial charge in [-0.25, -0.2) is 0 Å². The number of carbonyl (C=O) groups excluding carboxylic acids is 2. The standard InChI is InChI=1S/2C5H11NO2S.2Li/c2*1-9-3-2-4(6)5(7)8;;/h2*4H,2-3,6H2,1H3,(H,7,8);;/q;;2*+1/p-2/t2*4-;;/m00../s1. The van der Waals surface area contributed by atoms with E-state index in [1.54, 1.807) is 23.5 Å². The molecule has 0 fully saturated rings. The van der Waals surface area contributed by atoms with Gasteiger partial charge < -0.3 is 31.3 Å². The van der Waals surface area contributed by atoms with E-state index in [1.165, 1.54) is 0 Å². The van der Waals surface area contributed by atoms with Crippen LogP contribution in [0.1, 0.15) is 12.8 Å². The first-order chi connectivity index (χ1) is 8.36. The molecule has 0 amide bonds. The molecule has 0 spiro atoms. The summed E-state index contributed by atoms with van der Waals surface area (Å²) in [5.74, 6) is -0.780. The first kappa shape index (κ1) is 28.9. The average Bonchev–Trinajstić information content (AvgIpc) is 2.33. The summed E-state index contributed by atoms with van der Waals surface area (Å²) in [5.41, 5.74) is 10.3. The van der Waals surface area contributed by atoms with Gasteiger partial charge in [0, 0.05) is 12.1 Å². The van der Waals surface area contributed by atoms with Crippen LogP contribution in [0.2, 0.25) is 0 Å². The van der Waals surface area contributed by atoms with Crippen LogP contribution in [0.25, 0.3) is 0 Å². The fourth-order valence-corrected chi connectivity index (χ4v) is 1.70. The predicted molar refractivity (Wildman–Crippen MR) is 72.0 cm³/mol. The van der Waals surface area contributed by atoms with Crippen LogP contribution in [-0.2, 0) is 9.59 Å². The summed E-state index contributed by atoms with van der Waals surface area (Å²) in [6.07, 6.45) is 4.79. The summed E-state index contributed by atoms with van der Waals surface area (Å²) in [4.78, 5) is 19.9. The van der Waals surface area contributed by atoms with Gasteiger partial charge in [0.1, 0.15) is 0 Å². The number of thioether (sulfide) groups is 2. The fourth-order valence-electron chi connectivity index (χ4n) is 0.725. The minimum absolute atomic E-state index is 0. The molecule has 0 radical (unpaired) electrons. The second kappa shape index (κ2) is 19.8. The molecule has 0 saturated heterocycles.